The maximum atomic E-state index is 12.6. The highest BCUT2D eigenvalue weighted by molar-refractivity contribution is 5.75. The molecule has 6 heteroatoms. The number of carbonyl (C=O) groups is 2. The second-order valence-electron chi connectivity index (χ2n) is 11.5. The van der Waals surface area contributed by atoms with Crippen molar-refractivity contribution in [1.29, 1.82) is 0 Å². The number of ether oxygens (including phenoxy) is 3. The minimum absolute atomic E-state index is 0.0368. The van der Waals surface area contributed by atoms with E-state index in [0.29, 0.717) is 23.7 Å². The number of hydrogen-bond donors (Lipinski definition) is 1. The van der Waals surface area contributed by atoms with E-state index in [1.165, 1.54) is 12.7 Å². The lowest BCUT2D eigenvalue weighted by molar-refractivity contribution is -0.153. The van der Waals surface area contributed by atoms with Crippen molar-refractivity contribution in [3.8, 4) is 0 Å². The van der Waals surface area contributed by atoms with Crippen molar-refractivity contribution in [3.63, 3.8) is 0 Å². The molecule has 2 saturated carbocycles. The highest BCUT2D eigenvalue weighted by Gasteiger charge is 2.45. The molecular formula is C30H48O6. The zero-order valence-corrected chi connectivity index (χ0v) is 23.0. The molecule has 3 aliphatic rings. The van der Waals surface area contributed by atoms with Gasteiger partial charge in [-0.15, -0.1) is 0 Å². The van der Waals surface area contributed by atoms with Gasteiger partial charge in [-0.25, -0.2) is 4.79 Å². The quantitative estimate of drug-likeness (QED) is 0.232. The number of allylic oxidation sites excluding steroid dienone is 3. The molecule has 1 N–H and O–H groups in total. The number of aliphatic hydroxyl groups excluding tert-OH is 1. The fraction of sp³-hybridized carbons (Fsp3) is 0.800. The van der Waals surface area contributed by atoms with Crippen molar-refractivity contribution in [2.45, 2.75) is 104 Å². The van der Waals surface area contributed by atoms with Crippen LogP contribution in [-0.2, 0) is 23.8 Å². The van der Waals surface area contributed by atoms with Gasteiger partial charge in [-0.1, -0.05) is 53.0 Å². The third-order valence-corrected chi connectivity index (χ3v) is 8.85. The molecule has 2 unspecified atom stereocenters. The van der Waals surface area contributed by atoms with Crippen LogP contribution in [0.2, 0.25) is 0 Å². The lowest BCUT2D eigenvalue weighted by Crippen LogP contribution is -2.26. The molecule has 3 aliphatic carbocycles. The molecule has 6 nitrogen and oxygen atoms in total. The van der Waals surface area contributed by atoms with Crippen LogP contribution in [0.5, 0.6) is 0 Å². The molecule has 3 rings (SSSR count). The summed E-state index contributed by atoms with van der Waals surface area (Å²) in [4.78, 5) is 24.3. The van der Waals surface area contributed by atoms with Gasteiger partial charge in [0.25, 0.3) is 0 Å². The molecule has 0 bridgehead atoms. The Bertz CT molecular complexity index is 797. The Morgan fingerprint density at radius 2 is 1.89 bits per heavy atom. The van der Waals surface area contributed by atoms with Gasteiger partial charge in [-0.2, -0.15) is 0 Å². The number of unbranched alkanes of at least 4 members (excludes halogenated alkanes) is 2. The van der Waals surface area contributed by atoms with E-state index in [9.17, 15) is 14.7 Å². The first-order chi connectivity index (χ1) is 17.2. The van der Waals surface area contributed by atoms with Gasteiger partial charge in [0.1, 0.15) is 11.9 Å². The Labute approximate surface area is 217 Å². The molecular weight excluding hydrogens is 456 g/mol. The first-order valence-corrected chi connectivity index (χ1v) is 14.2. The largest absolute Gasteiger partial charge is 0.482 e. The van der Waals surface area contributed by atoms with Crippen LogP contribution < -0.4 is 0 Å². The smallest absolute Gasteiger partial charge is 0.343 e. The van der Waals surface area contributed by atoms with Gasteiger partial charge in [-0.3, -0.25) is 4.79 Å². The summed E-state index contributed by atoms with van der Waals surface area (Å²) in [5, 5.41) is 10.6. The molecule has 204 valence electrons. The predicted molar refractivity (Wildman–Crippen MR) is 140 cm³/mol. The van der Waals surface area contributed by atoms with Crippen molar-refractivity contribution in [2.75, 3.05) is 13.7 Å². The summed E-state index contributed by atoms with van der Waals surface area (Å²) in [7, 11) is 1.37. The summed E-state index contributed by atoms with van der Waals surface area (Å²) in [5.74, 6) is 2.12. The SMILES string of the molecule is CCCCC[C@H](O)CC[C@@H]1[C@@H](C)[C@@H](CC2=C(OCC(=O)OC)C=CC(C)C2C)C[C@H]1OC(=O)C1CC1. The molecule has 0 spiro atoms. The summed E-state index contributed by atoms with van der Waals surface area (Å²) < 4.78 is 16.8. The maximum absolute atomic E-state index is 12.6. The normalized spacial score (nSPS) is 30.8. The summed E-state index contributed by atoms with van der Waals surface area (Å²) in [6.45, 7) is 8.79. The summed E-state index contributed by atoms with van der Waals surface area (Å²) >= 11 is 0. The van der Waals surface area contributed by atoms with E-state index in [1.807, 2.05) is 6.08 Å². The van der Waals surface area contributed by atoms with Gasteiger partial charge < -0.3 is 19.3 Å². The van der Waals surface area contributed by atoms with Crippen molar-refractivity contribution in [3.05, 3.63) is 23.5 Å². The number of carbonyl (C=O) groups excluding carboxylic acids is 2. The van der Waals surface area contributed by atoms with Gasteiger partial charge in [0.15, 0.2) is 6.61 Å². The highest BCUT2D eigenvalue weighted by Crippen LogP contribution is 2.47. The van der Waals surface area contributed by atoms with Crippen LogP contribution in [0.3, 0.4) is 0 Å². The Balaban J connectivity index is 1.71. The predicted octanol–water partition coefficient (Wildman–Crippen LogP) is 5.98. The zero-order chi connectivity index (χ0) is 26.2. The van der Waals surface area contributed by atoms with Crippen LogP contribution in [0.25, 0.3) is 0 Å². The number of esters is 2. The molecule has 7 atom stereocenters. The summed E-state index contributed by atoms with van der Waals surface area (Å²) in [5.41, 5.74) is 1.23. The van der Waals surface area contributed by atoms with Gasteiger partial charge in [0.2, 0.25) is 0 Å². The number of aliphatic hydroxyl groups is 1. The summed E-state index contributed by atoms with van der Waals surface area (Å²) in [6, 6.07) is 0. The monoisotopic (exact) mass is 504 g/mol. The average Bonchev–Trinajstić information content (AvgIpc) is 3.67. The Morgan fingerprint density at radius 1 is 1.14 bits per heavy atom. The minimum atomic E-state index is -0.389. The molecule has 0 aromatic rings. The van der Waals surface area contributed by atoms with E-state index in [2.05, 4.69) is 33.8 Å². The molecule has 0 heterocycles. The zero-order valence-electron chi connectivity index (χ0n) is 23.0. The van der Waals surface area contributed by atoms with E-state index >= 15 is 0 Å². The molecule has 36 heavy (non-hydrogen) atoms. The van der Waals surface area contributed by atoms with Crippen molar-refractivity contribution >= 4 is 11.9 Å². The van der Waals surface area contributed by atoms with Gasteiger partial charge in [-0.05, 0) is 86.2 Å². The lowest BCUT2D eigenvalue weighted by atomic mass is 9.77. The van der Waals surface area contributed by atoms with Crippen molar-refractivity contribution < 1.29 is 28.9 Å². The standard InChI is InChI=1S/C30H48O6/c1-6-7-8-9-24(31)13-14-25-21(4)23(17-28(25)36-30(33)22-11-12-22)16-26-20(3)19(2)10-15-27(26)35-18-29(32)34-5/h10,15,19-25,28,31H,6-9,11-14,16-18H2,1-5H3/t19?,20?,21-,23-,24-,25+,28+/m0/s1. The van der Waals surface area contributed by atoms with E-state index in [4.69, 9.17) is 14.2 Å². The molecule has 0 aromatic carbocycles. The Morgan fingerprint density at radius 3 is 2.56 bits per heavy atom. The Hall–Kier alpha value is -1.82. The first kappa shape index (κ1) is 28.7. The maximum Gasteiger partial charge on any atom is 0.343 e. The van der Waals surface area contributed by atoms with Crippen LogP contribution in [0, 0.1) is 35.5 Å². The van der Waals surface area contributed by atoms with E-state index in [-0.39, 0.29) is 42.6 Å². The van der Waals surface area contributed by atoms with Gasteiger partial charge in [0.05, 0.1) is 19.1 Å². The molecule has 0 radical (unpaired) electrons. The fourth-order valence-corrected chi connectivity index (χ4v) is 5.91. The second kappa shape index (κ2) is 13.6. The molecule has 2 fully saturated rings. The average molecular weight is 505 g/mol. The molecule has 0 aliphatic heterocycles. The van der Waals surface area contributed by atoms with Crippen LogP contribution >= 0.6 is 0 Å². The van der Waals surface area contributed by atoms with Crippen LogP contribution in [0.15, 0.2) is 23.5 Å². The van der Waals surface area contributed by atoms with Gasteiger partial charge in [0, 0.05) is 0 Å². The Kier molecular flexibility index (Phi) is 10.9. The van der Waals surface area contributed by atoms with Crippen LogP contribution in [0.1, 0.15) is 91.9 Å². The number of methoxy groups -OCH3 is 1. The van der Waals surface area contributed by atoms with Crippen molar-refractivity contribution in [1.82, 2.24) is 0 Å². The van der Waals surface area contributed by atoms with E-state index in [0.717, 1.165) is 70.0 Å². The van der Waals surface area contributed by atoms with Gasteiger partial charge >= 0.3 is 11.9 Å². The minimum Gasteiger partial charge on any atom is -0.482 e. The van der Waals surface area contributed by atoms with Crippen LogP contribution in [-0.4, -0.2) is 43.0 Å². The molecule has 0 aromatic heterocycles. The number of hydrogen-bond acceptors (Lipinski definition) is 6. The highest BCUT2D eigenvalue weighted by atomic mass is 16.6. The third kappa shape index (κ3) is 7.84. The third-order valence-electron chi connectivity index (χ3n) is 8.85. The molecule has 0 saturated heterocycles. The van der Waals surface area contributed by atoms with Crippen molar-refractivity contribution in [2.24, 2.45) is 35.5 Å². The van der Waals surface area contributed by atoms with E-state index < -0.39 is 0 Å². The number of rotatable bonds is 14. The van der Waals surface area contributed by atoms with Crippen LogP contribution in [0.4, 0.5) is 0 Å². The topological polar surface area (TPSA) is 82.1 Å². The second-order valence-corrected chi connectivity index (χ2v) is 11.5. The molecule has 0 amide bonds. The fourth-order valence-electron chi connectivity index (χ4n) is 5.91. The lowest BCUT2D eigenvalue weighted by Gasteiger charge is -2.30. The van der Waals surface area contributed by atoms with E-state index in [1.54, 1.807) is 0 Å². The summed E-state index contributed by atoms with van der Waals surface area (Å²) in [6.07, 6.45) is 13.2. The first-order valence-electron chi connectivity index (χ1n) is 14.2.